The van der Waals surface area contributed by atoms with Crippen LogP contribution in [0.15, 0.2) is 27.8 Å². The van der Waals surface area contributed by atoms with Gasteiger partial charge in [-0.3, -0.25) is 0 Å². The molecule has 0 fully saturated rings. The standard InChI is InChI=1S/C10H8BrN3/c1-8-9(4-2-6-10(8)11)5-3-7-13-14-12/h2,4,6H,7H2,1H3. The van der Waals surface area contributed by atoms with E-state index < -0.39 is 0 Å². The molecule has 0 aliphatic rings. The van der Waals surface area contributed by atoms with Gasteiger partial charge in [-0.2, -0.15) is 0 Å². The molecule has 0 aliphatic carbocycles. The number of halogens is 1. The zero-order valence-electron chi connectivity index (χ0n) is 7.66. The van der Waals surface area contributed by atoms with Gasteiger partial charge in [0.2, 0.25) is 0 Å². The molecule has 0 heterocycles. The highest BCUT2D eigenvalue weighted by atomic mass is 79.9. The van der Waals surface area contributed by atoms with Crippen LogP contribution in [0.3, 0.4) is 0 Å². The summed E-state index contributed by atoms with van der Waals surface area (Å²) >= 11 is 3.42. The van der Waals surface area contributed by atoms with Crippen molar-refractivity contribution in [1.29, 1.82) is 0 Å². The summed E-state index contributed by atoms with van der Waals surface area (Å²) in [4.78, 5) is 2.62. The number of hydrogen-bond donors (Lipinski definition) is 0. The summed E-state index contributed by atoms with van der Waals surface area (Å²) < 4.78 is 1.04. The highest BCUT2D eigenvalue weighted by Crippen LogP contribution is 2.18. The van der Waals surface area contributed by atoms with E-state index in [1.807, 2.05) is 25.1 Å². The highest BCUT2D eigenvalue weighted by molar-refractivity contribution is 9.10. The van der Waals surface area contributed by atoms with Crippen LogP contribution in [0.1, 0.15) is 11.1 Å². The average molecular weight is 250 g/mol. The second kappa shape index (κ2) is 5.33. The van der Waals surface area contributed by atoms with E-state index in [1.165, 1.54) is 0 Å². The molecule has 70 valence electrons. The third-order valence-corrected chi connectivity index (χ3v) is 2.56. The summed E-state index contributed by atoms with van der Waals surface area (Å²) in [5, 5.41) is 3.33. The molecule has 1 rings (SSSR count). The zero-order valence-corrected chi connectivity index (χ0v) is 9.24. The predicted octanol–water partition coefficient (Wildman–Crippen LogP) is 3.42. The number of benzene rings is 1. The van der Waals surface area contributed by atoms with Crippen molar-refractivity contribution < 1.29 is 0 Å². The number of rotatable bonds is 1. The van der Waals surface area contributed by atoms with Gasteiger partial charge in [0.25, 0.3) is 0 Å². The smallest absolute Gasteiger partial charge is 0.0880 e. The van der Waals surface area contributed by atoms with E-state index in [4.69, 9.17) is 5.53 Å². The maximum atomic E-state index is 8.05. The van der Waals surface area contributed by atoms with E-state index >= 15 is 0 Å². The van der Waals surface area contributed by atoms with Crippen molar-refractivity contribution in [3.05, 3.63) is 44.2 Å². The third kappa shape index (κ3) is 2.81. The summed E-state index contributed by atoms with van der Waals surface area (Å²) in [5.41, 5.74) is 10.1. The topological polar surface area (TPSA) is 48.8 Å². The maximum Gasteiger partial charge on any atom is 0.0880 e. The Bertz CT molecular complexity index is 436. The molecule has 1 aromatic carbocycles. The van der Waals surface area contributed by atoms with Gasteiger partial charge in [0.05, 0.1) is 6.54 Å². The molecule has 14 heavy (non-hydrogen) atoms. The van der Waals surface area contributed by atoms with E-state index in [0.29, 0.717) is 0 Å². The molecule has 0 amide bonds. The van der Waals surface area contributed by atoms with Crippen molar-refractivity contribution in [2.75, 3.05) is 6.54 Å². The minimum atomic E-state index is 0.211. The van der Waals surface area contributed by atoms with Crippen LogP contribution >= 0.6 is 15.9 Å². The number of nitrogens with zero attached hydrogens (tertiary/aromatic N) is 3. The molecular formula is C10H8BrN3. The molecule has 0 unspecified atom stereocenters. The molecule has 0 N–H and O–H groups in total. The number of hydrogen-bond acceptors (Lipinski definition) is 1. The predicted molar refractivity (Wildman–Crippen MR) is 59.8 cm³/mol. The third-order valence-electron chi connectivity index (χ3n) is 1.70. The summed E-state index contributed by atoms with van der Waals surface area (Å²) in [7, 11) is 0. The van der Waals surface area contributed by atoms with Crippen LogP contribution in [0.5, 0.6) is 0 Å². The van der Waals surface area contributed by atoms with Gasteiger partial charge in [0, 0.05) is 14.9 Å². The Labute approximate surface area is 90.9 Å². The minimum absolute atomic E-state index is 0.211. The van der Waals surface area contributed by atoms with Crippen molar-refractivity contribution >= 4 is 15.9 Å². The fourth-order valence-corrected chi connectivity index (χ4v) is 1.31. The summed E-state index contributed by atoms with van der Waals surface area (Å²) in [6, 6.07) is 5.83. The van der Waals surface area contributed by atoms with E-state index in [0.717, 1.165) is 15.6 Å². The largest absolute Gasteiger partial charge is 0.0919 e. The molecule has 0 saturated carbocycles. The SMILES string of the molecule is Cc1c(Br)cccc1C#CCN=[N+]=[N-]. The van der Waals surface area contributed by atoms with Gasteiger partial charge in [0.15, 0.2) is 0 Å². The van der Waals surface area contributed by atoms with E-state index in [1.54, 1.807) is 0 Å². The summed E-state index contributed by atoms with van der Waals surface area (Å²) in [6.07, 6.45) is 0. The van der Waals surface area contributed by atoms with E-state index in [-0.39, 0.29) is 6.54 Å². The summed E-state index contributed by atoms with van der Waals surface area (Å²) in [6.45, 7) is 2.20. The van der Waals surface area contributed by atoms with Gasteiger partial charge in [-0.15, -0.1) is 0 Å². The van der Waals surface area contributed by atoms with E-state index in [9.17, 15) is 0 Å². The zero-order chi connectivity index (χ0) is 10.4. The first-order chi connectivity index (χ1) is 6.75. The van der Waals surface area contributed by atoms with Gasteiger partial charge in [-0.05, 0) is 30.2 Å². The fourth-order valence-electron chi connectivity index (χ4n) is 0.945. The average Bonchev–Trinajstić information content (AvgIpc) is 2.19. The van der Waals surface area contributed by atoms with Crippen LogP contribution in [0.25, 0.3) is 10.4 Å². The van der Waals surface area contributed by atoms with Gasteiger partial charge in [-0.1, -0.05) is 39.0 Å². The van der Waals surface area contributed by atoms with Gasteiger partial charge in [0.1, 0.15) is 0 Å². The van der Waals surface area contributed by atoms with Crippen LogP contribution in [-0.2, 0) is 0 Å². The molecule has 0 aliphatic heterocycles. The normalized spacial score (nSPS) is 8.43. The van der Waals surface area contributed by atoms with Gasteiger partial charge in [-0.25, -0.2) is 0 Å². The first-order valence-electron chi connectivity index (χ1n) is 4.00. The van der Waals surface area contributed by atoms with Crippen molar-refractivity contribution in [1.82, 2.24) is 0 Å². The highest BCUT2D eigenvalue weighted by Gasteiger charge is 1.96. The van der Waals surface area contributed by atoms with Crippen LogP contribution in [0.2, 0.25) is 0 Å². The first kappa shape index (κ1) is 10.6. The lowest BCUT2D eigenvalue weighted by Crippen LogP contribution is -1.83. The molecule has 4 heteroatoms. The first-order valence-corrected chi connectivity index (χ1v) is 4.80. The van der Waals surface area contributed by atoms with Gasteiger partial charge < -0.3 is 0 Å². The molecule has 0 atom stereocenters. The molecule has 3 nitrogen and oxygen atoms in total. The van der Waals surface area contributed by atoms with Crippen LogP contribution < -0.4 is 0 Å². The van der Waals surface area contributed by atoms with Crippen molar-refractivity contribution in [2.45, 2.75) is 6.92 Å². The Kier molecular flexibility index (Phi) is 4.06. The number of azide groups is 1. The van der Waals surface area contributed by atoms with Crippen molar-refractivity contribution in [3.8, 4) is 11.8 Å². The van der Waals surface area contributed by atoms with Crippen LogP contribution in [0.4, 0.5) is 0 Å². The lowest BCUT2D eigenvalue weighted by atomic mass is 10.1. The van der Waals surface area contributed by atoms with Gasteiger partial charge >= 0.3 is 0 Å². The second-order valence-corrected chi connectivity index (χ2v) is 3.46. The quantitative estimate of drug-likeness (QED) is 0.317. The Morgan fingerprint density at radius 2 is 2.36 bits per heavy atom. The monoisotopic (exact) mass is 249 g/mol. The fraction of sp³-hybridized carbons (Fsp3) is 0.200. The lowest BCUT2D eigenvalue weighted by Gasteiger charge is -1.99. The molecule has 0 bridgehead atoms. The Morgan fingerprint density at radius 1 is 1.57 bits per heavy atom. The molecule has 1 aromatic rings. The second-order valence-electron chi connectivity index (χ2n) is 2.60. The summed E-state index contributed by atoms with van der Waals surface area (Å²) in [5.74, 6) is 5.72. The Morgan fingerprint density at radius 3 is 3.07 bits per heavy atom. The molecule has 0 radical (unpaired) electrons. The van der Waals surface area contributed by atoms with Crippen molar-refractivity contribution in [2.24, 2.45) is 5.11 Å². The molecule has 0 saturated heterocycles. The van der Waals surface area contributed by atoms with Crippen LogP contribution in [-0.4, -0.2) is 6.54 Å². The van der Waals surface area contributed by atoms with Crippen molar-refractivity contribution in [3.63, 3.8) is 0 Å². The molecule has 0 aromatic heterocycles. The molecule has 0 spiro atoms. The Hall–Kier alpha value is -1.43. The molecular weight excluding hydrogens is 242 g/mol. The van der Waals surface area contributed by atoms with E-state index in [2.05, 4.69) is 37.8 Å². The maximum absolute atomic E-state index is 8.05. The minimum Gasteiger partial charge on any atom is -0.0919 e. The van der Waals surface area contributed by atoms with Crippen LogP contribution in [0, 0.1) is 18.8 Å². The lowest BCUT2D eigenvalue weighted by molar-refractivity contribution is 1.25. The Balaban J connectivity index is 2.89.